The second-order valence-corrected chi connectivity index (χ2v) is 10.5. The molecule has 1 fully saturated rings. The summed E-state index contributed by atoms with van der Waals surface area (Å²) in [6, 6.07) is 1.04. The van der Waals surface area contributed by atoms with E-state index in [9.17, 15) is 17.7 Å². The number of rotatable bonds is 6. The van der Waals surface area contributed by atoms with Crippen LogP contribution in [0.4, 0.5) is 19.0 Å². The van der Waals surface area contributed by atoms with E-state index >= 15 is 0 Å². The monoisotopic (exact) mass is 473 g/mol. The first-order valence-electron chi connectivity index (χ1n) is 10.5. The minimum absolute atomic E-state index is 0.186. The number of hydrogen-bond acceptors (Lipinski definition) is 7. The van der Waals surface area contributed by atoms with E-state index in [0.29, 0.717) is 42.9 Å². The van der Waals surface area contributed by atoms with Gasteiger partial charge in [0.2, 0.25) is 0 Å². The van der Waals surface area contributed by atoms with Crippen LogP contribution in [-0.2, 0) is 29.8 Å². The zero-order valence-electron chi connectivity index (χ0n) is 19.1. The van der Waals surface area contributed by atoms with Crippen molar-refractivity contribution in [1.82, 2.24) is 29.6 Å². The van der Waals surface area contributed by atoms with Crippen LogP contribution in [0.3, 0.4) is 0 Å². The van der Waals surface area contributed by atoms with Crippen LogP contribution in [0, 0.1) is 6.92 Å². The number of aromatic nitrogens is 5. The van der Waals surface area contributed by atoms with Crippen molar-refractivity contribution in [2.24, 2.45) is 7.05 Å². The Kier molecular flexibility index (Phi) is 7.35. The molecule has 0 aromatic carbocycles. The van der Waals surface area contributed by atoms with Crippen molar-refractivity contribution in [1.29, 1.82) is 0 Å². The molecule has 0 amide bonds. The van der Waals surface area contributed by atoms with Crippen LogP contribution in [0.5, 0.6) is 0 Å². The zero-order valence-corrected chi connectivity index (χ0v) is 19.9. The molecule has 2 aromatic heterocycles. The third-order valence-electron chi connectivity index (χ3n) is 5.43. The van der Waals surface area contributed by atoms with Gasteiger partial charge in [0.25, 0.3) is 0 Å². The Morgan fingerprint density at radius 3 is 2.25 bits per heavy atom. The lowest BCUT2D eigenvalue weighted by atomic mass is 9.95. The first-order valence-corrected chi connectivity index (χ1v) is 11.9. The summed E-state index contributed by atoms with van der Waals surface area (Å²) in [6.07, 6.45) is -3.78. The Morgan fingerprint density at radius 1 is 1.06 bits per heavy atom. The lowest BCUT2D eigenvalue weighted by Crippen LogP contribution is -2.47. The lowest BCUT2D eigenvalue weighted by Gasteiger charge is -2.36. The van der Waals surface area contributed by atoms with Crippen LogP contribution in [0.25, 0.3) is 0 Å². The maximum Gasteiger partial charge on any atom is 0.433 e. The number of alkyl halides is 3. The average molecular weight is 474 g/mol. The van der Waals surface area contributed by atoms with E-state index in [1.165, 1.54) is 0 Å². The summed E-state index contributed by atoms with van der Waals surface area (Å²) >= 11 is -1.21. The van der Waals surface area contributed by atoms with Gasteiger partial charge in [-0.25, -0.2) is 9.97 Å². The number of halogens is 3. The molecule has 12 heteroatoms. The molecule has 8 nitrogen and oxygen atoms in total. The number of aryl methyl sites for hydroxylation is 1. The van der Waals surface area contributed by atoms with Gasteiger partial charge >= 0.3 is 11.3 Å². The summed E-state index contributed by atoms with van der Waals surface area (Å²) in [5.41, 5.74) is -1.49. The van der Waals surface area contributed by atoms with Gasteiger partial charge in [-0.3, -0.25) is 9.47 Å². The maximum absolute atomic E-state index is 13.4. The predicted octanol–water partition coefficient (Wildman–Crippen LogP) is 2.55. The molecule has 1 aliphatic rings. The van der Waals surface area contributed by atoms with Crippen molar-refractivity contribution < 1.29 is 17.7 Å². The van der Waals surface area contributed by atoms with Crippen molar-refractivity contribution >= 4 is 17.0 Å². The Labute approximate surface area is 189 Å². The van der Waals surface area contributed by atoms with Crippen LogP contribution in [0.2, 0.25) is 0 Å². The molecule has 0 radical (unpaired) electrons. The highest BCUT2D eigenvalue weighted by molar-refractivity contribution is 7.91. The summed E-state index contributed by atoms with van der Waals surface area (Å²) in [5.74, 6) is 1.71. The van der Waals surface area contributed by atoms with Crippen molar-refractivity contribution in [3.8, 4) is 0 Å². The SMILES string of the molecule is Cc1nnc([S+]([O-])CCCN2CCN(c3cc(C(F)(F)F)nc(C(C)(C)C)n3)CC2)n1C. The van der Waals surface area contributed by atoms with Gasteiger partial charge in [-0.05, 0) is 6.92 Å². The topological polar surface area (TPSA) is 86.0 Å². The van der Waals surface area contributed by atoms with Gasteiger partial charge in [-0.2, -0.15) is 13.2 Å². The molecular formula is C20H30F3N7OS. The zero-order chi connectivity index (χ0) is 23.7. The smallest absolute Gasteiger partial charge is 0.433 e. The average Bonchev–Trinajstić information content (AvgIpc) is 3.05. The summed E-state index contributed by atoms with van der Waals surface area (Å²) in [5, 5.41) is 8.39. The summed E-state index contributed by atoms with van der Waals surface area (Å²) < 4.78 is 54.3. The van der Waals surface area contributed by atoms with Gasteiger partial charge in [-0.1, -0.05) is 25.9 Å². The molecule has 0 spiro atoms. The molecule has 1 aliphatic heterocycles. The van der Waals surface area contributed by atoms with Crippen molar-refractivity contribution in [3.05, 3.63) is 23.4 Å². The van der Waals surface area contributed by atoms with Gasteiger partial charge in [0.15, 0.2) is 0 Å². The fraction of sp³-hybridized carbons (Fsp3) is 0.700. The quantitative estimate of drug-likeness (QED) is 0.596. The normalized spacial score (nSPS) is 17.1. The fourth-order valence-corrected chi connectivity index (χ4v) is 4.52. The lowest BCUT2D eigenvalue weighted by molar-refractivity contribution is -0.141. The predicted molar refractivity (Wildman–Crippen MR) is 116 cm³/mol. The third-order valence-corrected chi connectivity index (χ3v) is 6.85. The van der Waals surface area contributed by atoms with Gasteiger partial charge in [-0.15, -0.1) is 5.10 Å². The van der Waals surface area contributed by atoms with E-state index in [1.54, 1.807) is 32.4 Å². The molecule has 0 N–H and O–H groups in total. The first-order chi connectivity index (χ1) is 14.9. The van der Waals surface area contributed by atoms with Crippen LogP contribution in [0.1, 0.15) is 44.5 Å². The van der Waals surface area contributed by atoms with Crippen molar-refractivity contribution in [2.75, 3.05) is 43.4 Å². The summed E-state index contributed by atoms with van der Waals surface area (Å²) in [7, 11) is 1.80. The maximum atomic E-state index is 13.4. The van der Waals surface area contributed by atoms with Crippen molar-refractivity contribution in [3.63, 3.8) is 0 Å². The standard InChI is InChI=1S/C20H30F3N7OS/c1-14-26-27-18(28(14)5)32(31)12-6-7-29-8-10-30(11-9-29)16-13-15(20(21,22)23)24-17(25-16)19(2,3)4/h13H,6-12H2,1-5H3. The molecule has 0 bridgehead atoms. The van der Waals surface area contributed by atoms with Crippen LogP contribution < -0.4 is 4.90 Å². The number of nitrogens with zero attached hydrogens (tertiary/aromatic N) is 7. The minimum atomic E-state index is -4.52. The summed E-state index contributed by atoms with van der Waals surface area (Å²) in [6.45, 7) is 10.5. The molecule has 2 aromatic rings. The second-order valence-electron chi connectivity index (χ2n) is 9.00. The van der Waals surface area contributed by atoms with E-state index in [-0.39, 0.29) is 5.82 Å². The molecule has 3 heterocycles. The molecule has 32 heavy (non-hydrogen) atoms. The highest BCUT2D eigenvalue weighted by Gasteiger charge is 2.36. The molecule has 3 rings (SSSR count). The van der Waals surface area contributed by atoms with Crippen LogP contribution >= 0.6 is 0 Å². The Hall–Kier alpha value is -1.92. The second kappa shape index (κ2) is 9.52. The molecule has 1 unspecified atom stereocenters. The largest absolute Gasteiger partial charge is 0.609 e. The van der Waals surface area contributed by atoms with E-state index in [2.05, 4.69) is 25.1 Å². The van der Waals surface area contributed by atoms with Crippen LogP contribution in [-0.4, -0.2) is 72.7 Å². The van der Waals surface area contributed by atoms with E-state index in [1.807, 2.05) is 11.8 Å². The van der Waals surface area contributed by atoms with E-state index in [0.717, 1.165) is 24.9 Å². The van der Waals surface area contributed by atoms with E-state index in [4.69, 9.17) is 0 Å². The van der Waals surface area contributed by atoms with Gasteiger partial charge in [0.1, 0.15) is 28.9 Å². The molecular weight excluding hydrogens is 443 g/mol. The van der Waals surface area contributed by atoms with Crippen molar-refractivity contribution in [2.45, 2.75) is 50.9 Å². The minimum Gasteiger partial charge on any atom is -0.609 e. The van der Waals surface area contributed by atoms with Gasteiger partial charge in [0, 0.05) is 68.8 Å². The van der Waals surface area contributed by atoms with Gasteiger partial charge < -0.3 is 9.45 Å². The third kappa shape index (κ3) is 5.90. The molecule has 1 saturated heterocycles. The first kappa shape index (κ1) is 24.7. The van der Waals surface area contributed by atoms with Crippen LogP contribution in [0.15, 0.2) is 11.2 Å². The highest BCUT2D eigenvalue weighted by Crippen LogP contribution is 2.32. The number of hydrogen-bond donors (Lipinski definition) is 0. The number of piperazine rings is 1. The molecule has 0 saturated carbocycles. The Balaban J connectivity index is 1.57. The van der Waals surface area contributed by atoms with Gasteiger partial charge in [0.05, 0.1) is 0 Å². The summed E-state index contributed by atoms with van der Waals surface area (Å²) in [4.78, 5) is 12.3. The Bertz CT molecular complexity index is 889. The molecule has 1 atom stereocenters. The Morgan fingerprint density at radius 2 is 1.72 bits per heavy atom. The fourth-order valence-electron chi connectivity index (χ4n) is 3.37. The van der Waals surface area contributed by atoms with E-state index < -0.39 is 28.5 Å². The number of anilines is 1. The molecule has 178 valence electrons. The molecule has 0 aliphatic carbocycles. The highest BCUT2D eigenvalue weighted by atomic mass is 32.2.